The number of amides is 1. The average Bonchev–Trinajstić information content (AvgIpc) is 3.14. The maximum Gasteiger partial charge on any atom is 0.267 e. The fourth-order valence-electron chi connectivity index (χ4n) is 3.00. The Kier molecular flexibility index (Phi) is 6.08. The number of sulfonamides is 1. The molecule has 2 aromatic rings. The molecular weight excluding hydrogens is 372 g/mol. The van der Waals surface area contributed by atoms with E-state index in [2.05, 4.69) is 5.32 Å². The highest BCUT2D eigenvalue weighted by molar-refractivity contribution is 7.89. The van der Waals surface area contributed by atoms with Gasteiger partial charge in [-0.1, -0.05) is 18.6 Å². The molecule has 1 fully saturated rings. The zero-order valence-electron chi connectivity index (χ0n) is 14.6. The van der Waals surface area contributed by atoms with Crippen LogP contribution < -0.4 is 5.32 Å². The topological polar surface area (TPSA) is 75.7 Å². The number of ether oxygens (including phenoxy) is 1. The number of rotatable bonds is 6. The molecule has 1 amide bonds. The Bertz CT molecular complexity index is 871. The van der Waals surface area contributed by atoms with Crippen LogP contribution in [-0.2, 0) is 21.4 Å². The molecule has 0 bridgehead atoms. The van der Waals surface area contributed by atoms with E-state index in [1.165, 1.54) is 10.4 Å². The Balaban J connectivity index is 1.81. The summed E-state index contributed by atoms with van der Waals surface area (Å²) in [5.41, 5.74) is 1.54. The van der Waals surface area contributed by atoms with E-state index in [-0.39, 0.29) is 9.77 Å². The lowest BCUT2D eigenvalue weighted by molar-refractivity contribution is 0.102. The summed E-state index contributed by atoms with van der Waals surface area (Å²) in [5.74, 6) is -0.412. The molecule has 0 radical (unpaired) electrons. The van der Waals surface area contributed by atoms with Gasteiger partial charge < -0.3 is 10.1 Å². The van der Waals surface area contributed by atoms with Gasteiger partial charge in [0.05, 0.1) is 6.61 Å². The molecule has 1 N–H and O–H groups in total. The number of carbonyl (C=O) groups is 1. The lowest BCUT2D eigenvalue weighted by Gasteiger charge is -2.25. The molecule has 6 nitrogen and oxygen atoms in total. The number of thiophene rings is 1. The van der Waals surface area contributed by atoms with Crippen molar-refractivity contribution in [2.45, 2.75) is 30.8 Å². The van der Waals surface area contributed by atoms with Gasteiger partial charge in [0, 0.05) is 25.9 Å². The normalized spacial score (nSPS) is 15.7. The number of benzene rings is 1. The largest absolute Gasteiger partial charge is 0.380 e. The third kappa shape index (κ3) is 4.15. The standard InChI is InChI=1S/C18H22N2O4S2/c1-24-13-14-6-5-7-15(12-14)19-18(21)17-16(8-11-25-17)26(22,23)20-9-3-2-4-10-20/h5-8,11-12H,2-4,9-10,13H2,1H3,(H,19,21). The van der Waals surface area contributed by atoms with E-state index >= 15 is 0 Å². The third-order valence-corrected chi connectivity index (χ3v) is 7.25. The molecule has 1 aromatic heterocycles. The lowest BCUT2D eigenvalue weighted by atomic mass is 10.2. The minimum absolute atomic E-state index is 0.0925. The monoisotopic (exact) mass is 394 g/mol. The van der Waals surface area contributed by atoms with Gasteiger partial charge >= 0.3 is 0 Å². The Morgan fingerprint density at radius 2 is 2.00 bits per heavy atom. The number of methoxy groups -OCH3 is 1. The Hall–Kier alpha value is -1.74. The number of hydrogen-bond acceptors (Lipinski definition) is 5. The number of anilines is 1. The van der Waals surface area contributed by atoms with Crippen molar-refractivity contribution in [3.05, 3.63) is 46.2 Å². The molecule has 8 heteroatoms. The molecule has 0 atom stereocenters. The van der Waals surface area contributed by atoms with Crippen LogP contribution in [0.5, 0.6) is 0 Å². The molecular formula is C18H22N2O4S2. The van der Waals surface area contributed by atoms with Crippen molar-refractivity contribution in [1.82, 2.24) is 4.31 Å². The van der Waals surface area contributed by atoms with Gasteiger partial charge in [0.25, 0.3) is 5.91 Å². The molecule has 0 saturated carbocycles. The summed E-state index contributed by atoms with van der Waals surface area (Å²) >= 11 is 1.14. The first-order chi connectivity index (χ1) is 12.5. The molecule has 1 aliphatic rings. The van der Waals surface area contributed by atoms with E-state index in [9.17, 15) is 13.2 Å². The lowest BCUT2D eigenvalue weighted by Crippen LogP contribution is -2.36. The second kappa shape index (κ2) is 8.30. The highest BCUT2D eigenvalue weighted by Crippen LogP contribution is 2.28. The number of hydrogen-bond donors (Lipinski definition) is 1. The molecule has 1 aliphatic heterocycles. The van der Waals surface area contributed by atoms with E-state index in [1.54, 1.807) is 18.6 Å². The number of carbonyl (C=O) groups excluding carboxylic acids is 1. The van der Waals surface area contributed by atoms with Crippen molar-refractivity contribution >= 4 is 33.0 Å². The fraction of sp³-hybridized carbons (Fsp3) is 0.389. The van der Waals surface area contributed by atoms with Crippen molar-refractivity contribution < 1.29 is 17.9 Å². The SMILES string of the molecule is COCc1cccc(NC(=O)c2sccc2S(=O)(=O)N2CCCCC2)c1. The Labute approximate surface area is 157 Å². The Morgan fingerprint density at radius 3 is 2.73 bits per heavy atom. The highest BCUT2D eigenvalue weighted by Gasteiger charge is 2.31. The van der Waals surface area contributed by atoms with E-state index in [0.29, 0.717) is 25.4 Å². The second-order valence-corrected chi connectivity index (χ2v) is 8.99. The van der Waals surface area contributed by atoms with E-state index in [4.69, 9.17) is 4.74 Å². The Morgan fingerprint density at radius 1 is 1.23 bits per heavy atom. The van der Waals surface area contributed by atoms with Crippen LogP contribution >= 0.6 is 11.3 Å². The molecule has 3 rings (SSSR count). The van der Waals surface area contributed by atoms with Gasteiger partial charge in [-0.3, -0.25) is 4.79 Å². The van der Waals surface area contributed by atoms with Gasteiger partial charge in [-0.15, -0.1) is 11.3 Å². The molecule has 140 valence electrons. The predicted molar refractivity (Wildman–Crippen MR) is 102 cm³/mol. The summed E-state index contributed by atoms with van der Waals surface area (Å²) < 4.78 is 32.4. The van der Waals surface area contributed by atoms with Gasteiger partial charge in [0.15, 0.2) is 0 Å². The minimum Gasteiger partial charge on any atom is -0.380 e. The van der Waals surface area contributed by atoms with Gasteiger partial charge in [0.1, 0.15) is 9.77 Å². The summed E-state index contributed by atoms with van der Waals surface area (Å²) in [6, 6.07) is 8.82. The van der Waals surface area contributed by atoms with Crippen molar-refractivity contribution in [3.8, 4) is 0 Å². The predicted octanol–water partition coefficient (Wildman–Crippen LogP) is 3.32. The summed E-state index contributed by atoms with van der Waals surface area (Å²) in [5, 5.41) is 4.44. The number of piperidine rings is 1. The average molecular weight is 395 g/mol. The van der Waals surface area contributed by atoms with Crippen LogP contribution in [0.25, 0.3) is 0 Å². The van der Waals surface area contributed by atoms with Crippen molar-refractivity contribution in [2.24, 2.45) is 0 Å². The van der Waals surface area contributed by atoms with E-state index in [0.717, 1.165) is 36.2 Å². The van der Waals surface area contributed by atoms with Crippen LogP contribution in [0.15, 0.2) is 40.6 Å². The summed E-state index contributed by atoms with van der Waals surface area (Å²) in [4.78, 5) is 13.0. The van der Waals surface area contributed by atoms with Crippen LogP contribution in [0.3, 0.4) is 0 Å². The van der Waals surface area contributed by atoms with E-state index < -0.39 is 15.9 Å². The third-order valence-electron chi connectivity index (χ3n) is 4.26. The van der Waals surface area contributed by atoms with Crippen LogP contribution in [0.1, 0.15) is 34.5 Å². The maximum atomic E-state index is 12.9. The second-order valence-electron chi connectivity index (χ2n) is 6.17. The fourth-order valence-corrected chi connectivity index (χ4v) is 5.82. The highest BCUT2D eigenvalue weighted by atomic mass is 32.2. The summed E-state index contributed by atoms with van der Waals surface area (Å²) in [6.07, 6.45) is 2.76. The molecule has 0 spiro atoms. The zero-order chi connectivity index (χ0) is 18.6. The molecule has 2 heterocycles. The van der Waals surface area contributed by atoms with Crippen molar-refractivity contribution in [1.29, 1.82) is 0 Å². The van der Waals surface area contributed by atoms with Gasteiger partial charge in [0.2, 0.25) is 10.0 Å². The molecule has 1 saturated heterocycles. The smallest absolute Gasteiger partial charge is 0.267 e. The van der Waals surface area contributed by atoms with Crippen LogP contribution in [0.2, 0.25) is 0 Å². The molecule has 1 aromatic carbocycles. The summed E-state index contributed by atoms with van der Waals surface area (Å²) in [7, 11) is -2.03. The molecule has 0 aliphatic carbocycles. The van der Waals surface area contributed by atoms with Crippen LogP contribution in [-0.4, -0.2) is 38.8 Å². The van der Waals surface area contributed by atoms with Crippen LogP contribution in [0, 0.1) is 0 Å². The van der Waals surface area contributed by atoms with Gasteiger partial charge in [-0.05, 0) is 42.0 Å². The first-order valence-corrected chi connectivity index (χ1v) is 10.8. The van der Waals surface area contributed by atoms with Gasteiger partial charge in [-0.2, -0.15) is 4.31 Å². The van der Waals surface area contributed by atoms with Crippen molar-refractivity contribution in [3.63, 3.8) is 0 Å². The zero-order valence-corrected chi connectivity index (χ0v) is 16.2. The summed E-state index contributed by atoms with van der Waals surface area (Å²) in [6.45, 7) is 1.47. The number of nitrogens with zero attached hydrogens (tertiary/aromatic N) is 1. The van der Waals surface area contributed by atoms with Crippen molar-refractivity contribution in [2.75, 3.05) is 25.5 Å². The quantitative estimate of drug-likeness (QED) is 0.815. The van der Waals surface area contributed by atoms with E-state index in [1.807, 2.05) is 18.2 Å². The van der Waals surface area contributed by atoms with Crippen LogP contribution in [0.4, 0.5) is 5.69 Å². The first-order valence-electron chi connectivity index (χ1n) is 8.49. The number of nitrogens with one attached hydrogen (secondary N) is 1. The first kappa shape index (κ1) is 19.0. The molecule has 0 unspecified atom stereocenters. The molecule has 26 heavy (non-hydrogen) atoms. The van der Waals surface area contributed by atoms with Gasteiger partial charge in [-0.25, -0.2) is 8.42 Å². The minimum atomic E-state index is -3.64. The maximum absolute atomic E-state index is 12.9.